The van der Waals surface area contributed by atoms with Crippen molar-refractivity contribution in [2.24, 2.45) is 4.99 Å². The zero-order chi connectivity index (χ0) is 19.9. The fourth-order valence-corrected chi connectivity index (χ4v) is 3.01. The van der Waals surface area contributed by atoms with Crippen molar-refractivity contribution in [1.82, 2.24) is 15.5 Å². The van der Waals surface area contributed by atoms with Gasteiger partial charge in [-0.3, -0.25) is 4.79 Å². The number of piperazine rings is 1. The predicted octanol–water partition coefficient (Wildman–Crippen LogP) is 1.70. The van der Waals surface area contributed by atoms with Crippen molar-refractivity contribution in [2.75, 3.05) is 51.3 Å². The molecule has 0 radical (unpaired) electrons. The van der Waals surface area contributed by atoms with Crippen LogP contribution >= 0.6 is 0 Å². The molecule has 0 atom stereocenters. The average Bonchev–Trinajstić information content (AvgIpc) is 2.64. The van der Waals surface area contributed by atoms with Gasteiger partial charge in [-0.25, -0.2) is 4.99 Å². The Morgan fingerprint density at radius 1 is 1.22 bits per heavy atom. The van der Waals surface area contributed by atoms with Gasteiger partial charge in [0.1, 0.15) is 12.3 Å². The maximum Gasteiger partial charge on any atom is 0.242 e. The van der Waals surface area contributed by atoms with Crippen LogP contribution < -0.4 is 20.3 Å². The van der Waals surface area contributed by atoms with E-state index in [-0.39, 0.29) is 18.0 Å². The van der Waals surface area contributed by atoms with E-state index in [2.05, 4.69) is 37.6 Å². The number of hydrogen-bond donors (Lipinski definition) is 2. The van der Waals surface area contributed by atoms with E-state index in [0.717, 1.165) is 44.4 Å². The third-order valence-electron chi connectivity index (χ3n) is 4.22. The minimum absolute atomic E-state index is 0.0621. The van der Waals surface area contributed by atoms with Crippen LogP contribution in [-0.2, 0) is 4.79 Å². The van der Waals surface area contributed by atoms with Crippen molar-refractivity contribution in [3.63, 3.8) is 0 Å². The molecule has 1 aliphatic heterocycles. The van der Waals surface area contributed by atoms with E-state index in [1.165, 1.54) is 5.69 Å². The van der Waals surface area contributed by atoms with E-state index in [1.54, 1.807) is 7.11 Å². The Morgan fingerprint density at radius 3 is 2.52 bits per heavy atom. The van der Waals surface area contributed by atoms with Gasteiger partial charge in [0, 0.05) is 50.0 Å². The van der Waals surface area contributed by atoms with Gasteiger partial charge in [-0.2, -0.15) is 0 Å². The smallest absolute Gasteiger partial charge is 0.242 e. The van der Waals surface area contributed by atoms with Crippen LogP contribution in [0.25, 0.3) is 0 Å². The zero-order valence-electron chi connectivity index (χ0n) is 17.2. The molecule has 150 valence electrons. The molecule has 1 aromatic rings. The first-order chi connectivity index (χ1) is 12.8. The standard InChI is InChI=1S/C20H33N5O2/c1-6-21-19(22-15-18(26)23-20(2,3)4)25-12-10-24(11-13-25)16-8-7-9-17(14-16)27-5/h7-9,14H,6,10-13,15H2,1-5H3,(H,21,22)(H,23,26). The van der Waals surface area contributed by atoms with Crippen LogP contribution in [0, 0.1) is 0 Å². The third-order valence-corrected chi connectivity index (χ3v) is 4.22. The summed E-state index contributed by atoms with van der Waals surface area (Å²) < 4.78 is 5.32. The van der Waals surface area contributed by atoms with Gasteiger partial charge in [0.25, 0.3) is 0 Å². The molecule has 0 aromatic heterocycles. The highest BCUT2D eigenvalue weighted by Gasteiger charge is 2.21. The van der Waals surface area contributed by atoms with Crippen LogP contribution in [0.15, 0.2) is 29.3 Å². The molecule has 2 rings (SSSR count). The first-order valence-corrected chi connectivity index (χ1v) is 9.55. The SMILES string of the molecule is CCNC(=NCC(=O)NC(C)(C)C)N1CCN(c2cccc(OC)c2)CC1. The second-order valence-corrected chi connectivity index (χ2v) is 7.64. The van der Waals surface area contributed by atoms with Gasteiger partial charge < -0.3 is 25.2 Å². The molecule has 0 bridgehead atoms. The summed E-state index contributed by atoms with van der Waals surface area (Å²) in [6.07, 6.45) is 0. The number of nitrogens with zero attached hydrogens (tertiary/aromatic N) is 3. The van der Waals surface area contributed by atoms with Gasteiger partial charge in [0.15, 0.2) is 5.96 Å². The van der Waals surface area contributed by atoms with E-state index in [4.69, 9.17) is 4.74 Å². The van der Waals surface area contributed by atoms with E-state index >= 15 is 0 Å². The van der Waals surface area contributed by atoms with Gasteiger partial charge in [-0.05, 0) is 39.8 Å². The third kappa shape index (κ3) is 6.66. The topological polar surface area (TPSA) is 69.2 Å². The number of aliphatic imine (C=N–C) groups is 1. The molecule has 1 aliphatic rings. The zero-order valence-corrected chi connectivity index (χ0v) is 17.2. The largest absolute Gasteiger partial charge is 0.497 e. The normalized spacial score (nSPS) is 15.5. The minimum atomic E-state index is -0.243. The molecule has 0 aliphatic carbocycles. The molecule has 1 fully saturated rings. The Balaban J connectivity index is 1.95. The molecule has 1 heterocycles. The van der Waals surface area contributed by atoms with Gasteiger partial charge in [-0.15, -0.1) is 0 Å². The summed E-state index contributed by atoms with van der Waals surface area (Å²) in [6.45, 7) is 12.3. The second-order valence-electron chi connectivity index (χ2n) is 7.64. The lowest BCUT2D eigenvalue weighted by Gasteiger charge is -2.37. The molecule has 0 unspecified atom stereocenters. The summed E-state index contributed by atoms with van der Waals surface area (Å²) in [5.74, 6) is 1.61. The summed E-state index contributed by atoms with van der Waals surface area (Å²) in [5.41, 5.74) is 0.924. The van der Waals surface area contributed by atoms with E-state index in [0.29, 0.717) is 0 Å². The first-order valence-electron chi connectivity index (χ1n) is 9.55. The second kappa shape index (κ2) is 9.48. The van der Waals surface area contributed by atoms with Gasteiger partial charge in [0.05, 0.1) is 7.11 Å². The Bertz CT molecular complexity index is 646. The number of carbonyl (C=O) groups excluding carboxylic acids is 1. The van der Waals surface area contributed by atoms with E-state index < -0.39 is 0 Å². The van der Waals surface area contributed by atoms with Crippen molar-refractivity contribution in [2.45, 2.75) is 33.2 Å². The highest BCUT2D eigenvalue weighted by molar-refractivity contribution is 5.85. The Morgan fingerprint density at radius 2 is 1.93 bits per heavy atom. The number of benzene rings is 1. The number of methoxy groups -OCH3 is 1. The summed E-state index contributed by atoms with van der Waals surface area (Å²) in [6, 6.07) is 8.14. The quantitative estimate of drug-likeness (QED) is 0.606. The fraction of sp³-hybridized carbons (Fsp3) is 0.600. The van der Waals surface area contributed by atoms with Crippen LogP contribution in [0.2, 0.25) is 0 Å². The molecule has 1 saturated heterocycles. The highest BCUT2D eigenvalue weighted by Crippen LogP contribution is 2.22. The van der Waals surface area contributed by atoms with Gasteiger partial charge in [0.2, 0.25) is 5.91 Å². The Hall–Kier alpha value is -2.44. The summed E-state index contributed by atoms with van der Waals surface area (Å²) in [7, 11) is 1.69. The monoisotopic (exact) mass is 375 g/mol. The number of nitrogens with one attached hydrogen (secondary N) is 2. The van der Waals surface area contributed by atoms with Crippen molar-refractivity contribution < 1.29 is 9.53 Å². The van der Waals surface area contributed by atoms with Crippen molar-refractivity contribution in [3.05, 3.63) is 24.3 Å². The Labute approximate surface area is 162 Å². The lowest BCUT2D eigenvalue weighted by atomic mass is 10.1. The molecule has 0 spiro atoms. The summed E-state index contributed by atoms with van der Waals surface area (Å²) >= 11 is 0. The predicted molar refractivity (Wildman–Crippen MR) is 111 cm³/mol. The van der Waals surface area contributed by atoms with Crippen LogP contribution in [0.4, 0.5) is 5.69 Å². The van der Waals surface area contributed by atoms with Gasteiger partial charge in [-0.1, -0.05) is 6.07 Å². The maximum atomic E-state index is 12.1. The molecule has 1 amide bonds. The highest BCUT2D eigenvalue weighted by atomic mass is 16.5. The lowest BCUT2D eigenvalue weighted by molar-refractivity contribution is -0.121. The number of carbonyl (C=O) groups is 1. The maximum absolute atomic E-state index is 12.1. The van der Waals surface area contributed by atoms with Crippen LogP contribution in [0.3, 0.4) is 0 Å². The molecule has 7 nitrogen and oxygen atoms in total. The molecular weight excluding hydrogens is 342 g/mol. The molecule has 1 aromatic carbocycles. The summed E-state index contributed by atoms with van der Waals surface area (Å²) in [5, 5.41) is 6.25. The minimum Gasteiger partial charge on any atom is -0.497 e. The van der Waals surface area contributed by atoms with Crippen molar-refractivity contribution in [3.8, 4) is 5.75 Å². The number of anilines is 1. The number of ether oxygens (including phenoxy) is 1. The number of guanidine groups is 1. The van der Waals surface area contributed by atoms with E-state index in [9.17, 15) is 4.79 Å². The van der Waals surface area contributed by atoms with Crippen molar-refractivity contribution in [1.29, 1.82) is 0 Å². The van der Waals surface area contributed by atoms with Gasteiger partial charge >= 0.3 is 0 Å². The first kappa shape index (κ1) is 20.9. The van der Waals surface area contributed by atoms with Crippen molar-refractivity contribution >= 4 is 17.6 Å². The molecule has 27 heavy (non-hydrogen) atoms. The Kier molecular flexibility index (Phi) is 7.33. The molecular formula is C20H33N5O2. The molecule has 0 saturated carbocycles. The van der Waals surface area contributed by atoms with Crippen LogP contribution in [-0.4, -0.2) is 68.7 Å². The fourth-order valence-electron chi connectivity index (χ4n) is 3.01. The van der Waals surface area contributed by atoms with E-state index in [1.807, 2.05) is 39.8 Å². The summed E-state index contributed by atoms with van der Waals surface area (Å²) in [4.78, 5) is 21.1. The molecule has 7 heteroatoms. The number of hydrogen-bond acceptors (Lipinski definition) is 4. The van der Waals surface area contributed by atoms with Crippen LogP contribution in [0.5, 0.6) is 5.75 Å². The number of rotatable bonds is 5. The molecule has 2 N–H and O–H groups in total. The average molecular weight is 376 g/mol. The van der Waals surface area contributed by atoms with Crippen LogP contribution in [0.1, 0.15) is 27.7 Å². The number of amides is 1. The lowest BCUT2D eigenvalue weighted by Crippen LogP contribution is -2.53.